The highest BCUT2D eigenvalue weighted by Gasteiger charge is 2.13. The molecular weight excluding hydrogens is 228 g/mol. The SMILES string of the molecule is C=O.CC(C)(CO)CO.CC(C)C=O.O=CO. The van der Waals surface area contributed by atoms with Crippen molar-refractivity contribution in [3.05, 3.63) is 0 Å². The predicted octanol–water partition coefficient (Wildman–Crippen LogP) is 0.354. The van der Waals surface area contributed by atoms with E-state index in [4.69, 9.17) is 24.9 Å². The van der Waals surface area contributed by atoms with Gasteiger partial charge in [0.15, 0.2) is 0 Å². The third-order valence-corrected chi connectivity index (χ3v) is 1.13. The monoisotopic (exact) mass is 252 g/mol. The Labute approximate surface area is 102 Å². The molecule has 0 aromatic rings. The van der Waals surface area contributed by atoms with Crippen LogP contribution in [0.2, 0.25) is 0 Å². The van der Waals surface area contributed by atoms with Gasteiger partial charge in [0.25, 0.3) is 6.47 Å². The summed E-state index contributed by atoms with van der Waals surface area (Å²) in [4.78, 5) is 25.9. The van der Waals surface area contributed by atoms with Crippen molar-refractivity contribution in [1.82, 2.24) is 0 Å². The highest BCUT2D eigenvalue weighted by molar-refractivity contribution is 5.51. The summed E-state index contributed by atoms with van der Waals surface area (Å²) in [5.74, 6) is 0.204. The van der Waals surface area contributed by atoms with E-state index in [2.05, 4.69) is 0 Å². The highest BCUT2D eigenvalue weighted by Crippen LogP contribution is 2.10. The number of carbonyl (C=O) groups excluding carboxylic acids is 2. The molecule has 0 unspecified atom stereocenters. The molecule has 0 bridgehead atoms. The van der Waals surface area contributed by atoms with Gasteiger partial charge in [0.2, 0.25) is 0 Å². The van der Waals surface area contributed by atoms with Gasteiger partial charge in [-0.25, -0.2) is 0 Å². The largest absolute Gasteiger partial charge is 0.483 e. The average molecular weight is 252 g/mol. The molecule has 0 rings (SSSR count). The van der Waals surface area contributed by atoms with Crippen LogP contribution < -0.4 is 0 Å². The molecule has 6 heteroatoms. The van der Waals surface area contributed by atoms with Crippen molar-refractivity contribution in [1.29, 1.82) is 0 Å². The fourth-order valence-electron chi connectivity index (χ4n) is 0.0500. The summed E-state index contributed by atoms with van der Waals surface area (Å²) >= 11 is 0. The first-order valence-electron chi connectivity index (χ1n) is 4.85. The fraction of sp³-hybridized carbons (Fsp3) is 0.727. The summed E-state index contributed by atoms with van der Waals surface area (Å²) in [6.07, 6.45) is 0.917. The predicted molar refractivity (Wildman–Crippen MR) is 64.7 cm³/mol. The van der Waals surface area contributed by atoms with Crippen LogP contribution in [0.4, 0.5) is 0 Å². The molecule has 0 aromatic heterocycles. The maximum atomic E-state index is 9.50. The van der Waals surface area contributed by atoms with E-state index < -0.39 is 0 Å². The van der Waals surface area contributed by atoms with Gasteiger partial charge in [-0.15, -0.1) is 0 Å². The van der Waals surface area contributed by atoms with Crippen LogP contribution in [0.15, 0.2) is 0 Å². The topological polar surface area (TPSA) is 112 Å². The van der Waals surface area contributed by atoms with Gasteiger partial charge in [0.1, 0.15) is 13.1 Å². The lowest BCUT2D eigenvalue weighted by atomic mass is 9.97. The lowest BCUT2D eigenvalue weighted by molar-refractivity contribution is -0.122. The molecule has 0 fully saturated rings. The molecule has 0 aliphatic carbocycles. The number of aliphatic hydroxyl groups excluding tert-OH is 2. The molecular formula is C11H24O6. The molecule has 6 nitrogen and oxygen atoms in total. The van der Waals surface area contributed by atoms with E-state index in [1.807, 2.05) is 20.6 Å². The van der Waals surface area contributed by atoms with Gasteiger partial charge < -0.3 is 24.9 Å². The Morgan fingerprint density at radius 2 is 1.29 bits per heavy atom. The normalized spacial score (nSPS) is 8.41. The smallest absolute Gasteiger partial charge is 0.290 e. The molecule has 0 amide bonds. The van der Waals surface area contributed by atoms with Crippen LogP contribution in [0.5, 0.6) is 0 Å². The van der Waals surface area contributed by atoms with Crippen molar-refractivity contribution in [2.24, 2.45) is 11.3 Å². The van der Waals surface area contributed by atoms with E-state index >= 15 is 0 Å². The highest BCUT2D eigenvalue weighted by atomic mass is 16.3. The van der Waals surface area contributed by atoms with Crippen LogP contribution in [0.3, 0.4) is 0 Å². The number of carbonyl (C=O) groups is 3. The molecule has 0 saturated heterocycles. The van der Waals surface area contributed by atoms with E-state index in [1.165, 1.54) is 0 Å². The van der Waals surface area contributed by atoms with E-state index in [9.17, 15) is 4.79 Å². The van der Waals surface area contributed by atoms with Crippen LogP contribution in [0.25, 0.3) is 0 Å². The zero-order valence-corrected chi connectivity index (χ0v) is 10.9. The Balaban J connectivity index is -0.0000000743. The van der Waals surface area contributed by atoms with Crippen LogP contribution in [-0.2, 0) is 14.4 Å². The Hall–Kier alpha value is -1.27. The molecule has 0 atom stereocenters. The first kappa shape index (κ1) is 24.8. The second-order valence-corrected chi connectivity index (χ2v) is 3.97. The Morgan fingerprint density at radius 3 is 1.29 bits per heavy atom. The Morgan fingerprint density at radius 1 is 1.12 bits per heavy atom. The quantitative estimate of drug-likeness (QED) is 0.625. The first-order chi connectivity index (χ1) is 7.81. The lowest BCUT2D eigenvalue weighted by Gasteiger charge is -2.16. The molecule has 0 aromatic carbocycles. The minimum absolute atomic E-state index is 0.0451. The van der Waals surface area contributed by atoms with E-state index in [0.717, 1.165) is 6.29 Å². The minimum atomic E-state index is -0.306. The summed E-state index contributed by atoms with van der Waals surface area (Å²) in [6.45, 7) is 9.15. The third kappa shape index (κ3) is 52.7. The molecule has 0 aliphatic heterocycles. The lowest BCUT2D eigenvalue weighted by Crippen LogP contribution is -2.20. The Kier molecular flexibility index (Phi) is 29.4. The van der Waals surface area contributed by atoms with Gasteiger partial charge in [-0.1, -0.05) is 27.7 Å². The van der Waals surface area contributed by atoms with Crippen LogP contribution >= 0.6 is 0 Å². The van der Waals surface area contributed by atoms with Crippen molar-refractivity contribution < 1.29 is 29.7 Å². The van der Waals surface area contributed by atoms with Crippen LogP contribution in [0.1, 0.15) is 27.7 Å². The number of rotatable bonds is 3. The van der Waals surface area contributed by atoms with Crippen molar-refractivity contribution >= 4 is 19.5 Å². The van der Waals surface area contributed by atoms with Gasteiger partial charge in [-0.3, -0.25) is 4.79 Å². The molecule has 0 radical (unpaired) electrons. The van der Waals surface area contributed by atoms with Gasteiger partial charge in [-0.2, -0.15) is 0 Å². The molecule has 0 spiro atoms. The molecule has 0 aliphatic rings. The molecule has 17 heavy (non-hydrogen) atoms. The van der Waals surface area contributed by atoms with Gasteiger partial charge in [0, 0.05) is 11.3 Å². The number of aldehydes is 1. The van der Waals surface area contributed by atoms with E-state index in [-0.39, 0.29) is 31.0 Å². The molecule has 0 heterocycles. The zero-order chi connectivity index (χ0) is 14.9. The summed E-state index contributed by atoms with van der Waals surface area (Å²) < 4.78 is 0. The molecule has 3 N–H and O–H groups in total. The van der Waals surface area contributed by atoms with Crippen LogP contribution in [-0.4, -0.2) is 48.1 Å². The van der Waals surface area contributed by atoms with E-state index in [1.54, 1.807) is 13.8 Å². The molecule has 0 saturated carbocycles. The summed E-state index contributed by atoms with van der Waals surface area (Å²) in [5, 5.41) is 23.8. The number of hydrogen-bond acceptors (Lipinski definition) is 5. The summed E-state index contributed by atoms with van der Waals surface area (Å²) in [6, 6.07) is 0. The Bertz CT molecular complexity index is 150. The zero-order valence-electron chi connectivity index (χ0n) is 10.9. The second kappa shape index (κ2) is 20.2. The fourth-order valence-corrected chi connectivity index (χ4v) is 0.0500. The van der Waals surface area contributed by atoms with Gasteiger partial charge in [-0.05, 0) is 0 Å². The van der Waals surface area contributed by atoms with Crippen molar-refractivity contribution in [3.8, 4) is 0 Å². The van der Waals surface area contributed by atoms with Crippen molar-refractivity contribution in [3.63, 3.8) is 0 Å². The first-order valence-corrected chi connectivity index (χ1v) is 4.85. The van der Waals surface area contributed by atoms with Crippen LogP contribution in [0, 0.1) is 11.3 Å². The maximum absolute atomic E-state index is 9.50. The maximum Gasteiger partial charge on any atom is 0.290 e. The number of hydrogen-bond donors (Lipinski definition) is 3. The minimum Gasteiger partial charge on any atom is -0.483 e. The number of aliphatic hydroxyl groups is 2. The summed E-state index contributed by atoms with van der Waals surface area (Å²) in [5.41, 5.74) is -0.306. The van der Waals surface area contributed by atoms with Crippen molar-refractivity contribution in [2.75, 3.05) is 13.2 Å². The average Bonchev–Trinajstić information content (AvgIpc) is 2.33. The molecule has 104 valence electrons. The van der Waals surface area contributed by atoms with Crippen molar-refractivity contribution in [2.45, 2.75) is 27.7 Å². The second-order valence-electron chi connectivity index (χ2n) is 3.97. The standard InChI is InChI=1S/C5H12O2.C4H8O.CH2O2.CH2O/c1-5(2,3-6)4-7;1-4(2)3-5;2-1-3;1-2/h6-7H,3-4H2,1-2H3;3-4H,1-2H3;1H,(H,2,3);1H2. The summed E-state index contributed by atoms with van der Waals surface area (Å²) in [7, 11) is 0. The van der Waals surface area contributed by atoms with Gasteiger partial charge in [0.05, 0.1) is 13.2 Å². The third-order valence-electron chi connectivity index (χ3n) is 1.13. The van der Waals surface area contributed by atoms with Gasteiger partial charge >= 0.3 is 0 Å². The number of carboxylic acid groups (broad SMARTS) is 1. The van der Waals surface area contributed by atoms with E-state index in [0.29, 0.717) is 0 Å².